The van der Waals surface area contributed by atoms with E-state index in [0.29, 0.717) is 0 Å². The normalized spacial score (nSPS) is 12.4. The van der Waals surface area contributed by atoms with Gasteiger partial charge in [-0.25, -0.2) is 0 Å². The van der Waals surface area contributed by atoms with Crippen molar-refractivity contribution >= 4 is 13.9 Å². The van der Waals surface area contributed by atoms with Crippen molar-refractivity contribution < 1.29 is 4.43 Å². The fourth-order valence-corrected chi connectivity index (χ4v) is 2.29. The SMILES string of the molecule is C=C(/C=C(\C)c1ccccc1)O[Si](C)(C)C. The first-order valence-corrected chi connectivity index (χ1v) is 8.91. The van der Waals surface area contributed by atoms with Crippen molar-refractivity contribution in [3.05, 3.63) is 54.3 Å². The van der Waals surface area contributed by atoms with Crippen LogP contribution < -0.4 is 0 Å². The van der Waals surface area contributed by atoms with E-state index in [9.17, 15) is 0 Å². The molecule has 0 aliphatic heterocycles. The molecule has 16 heavy (non-hydrogen) atoms. The summed E-state index contributed by atoms with van der Waals surface area (Å²) in [7, 11) is -1.53. The highest BCUT2D eigenvalue weighted by atomic mass is 28.4. The average Bonchev–Trinajstić information content (AvgIpc) is 2.16. The Labute approximate surface area is 99.6 Å². The largest absolute Gasteiger partial charge is 0.545 e. The minimum Gasteiger partial charge on any atom is -0.545 e. The van der Waals surface area contributed by atoms with Crippen molar-refractivity contribution in [3.63, 3.8) is 0 Å². The van der Waals surface area contributed by atoms with E-state index < -0.39 is 8.32 Å². The minimum absolute atomic E-state index is 0.764. The molecule has 0 aliphatic carbocycles. The molecule has 2 heteroatoms. The first kappa shape index (κ1) is 12.8. The maximum Gasteiger partial charge on any atom is 0.242 e. The Morgan fingerprint density at radius 3 is 2.25 bits per heavy atom. The predicted molar refractivity (Wildman–Crippen MR) is 73.7 cm³/mol. The third-order valence-electron chi connectivity index (χ3n) is 2.04. The van der Waals surface area contributed by atoms with Crippen LogP contribution in [0, 0.1) is 0 Å². The molecule has 0 aromatic heterocycles. The predicted octanol–water partition coefficient (Wildman–Crippen LogP) is 4.46. The van der Waals surface area contributed by atoms with Gasteiger partial charge in [-0.05, 0) is 43.8 Å². The van der Waals surface area contributed by atoms with Gasteiger partial charge < -0.3 is 4.43 Å². The summed E-state index contributed by atoms with van der Waals surface area (Å²) < 4.78 is 5.80. The highest BCUT2D eigenvalue weighted by molar-refractivity contribution is 6.70. The molecule has 86 valence electrons. The van der Waals surface area contributed by atoms with Gasteiger partial charge in [0.2, 0.25) is 8.32 Å². The molecule has 0 atom stereocenters. The van der Waals surface area contributed by atoms with Crippen molar-refractivity contribution in [1.82, 2.24) is 0 Å². The van der Waals surface area contributed by atoms with Crippen LogP contribution in [0.2, 0.25) is 19.6 Å². The molecule has 1 aromatic carbocycles. The smallest absolute Gasteiger partial charge is 0.242 e. The van der Waals surface area contributed by atoms with Crippen LogP contribution in [0.3, 0.4) is 0 Å². The summed E-state index contributed by atoms with van der Waals surface area (Å²) >= 11 is 0. The summed E-state index contributed by atoms with van der Waals surface area (Å²) in [5, 5.41) is 0. The first-order chi connectivity index (χ1) is 7.38. The Balaban J connectivity index is 2.75. The van der Waals surface area contributed by atoms with Gasteiger partial charge in [-0.1, -0.05) is 36.9 Å². The molecule has 0 radical (unpaired) electrons. The van der Waals surface area contributed by atoms with Gasteiger partial charge in [-0.3, -0.25) is 0 Å². The first-order valence-electron chi connectivity index (χ1n) is 5.50. The lowest BCUT2D eigenvalue weighted by Crippen LogP contribution is -2.24. The highest BCUT2D eigenvalue weighted by Gasteiger charge is 2.15. The molecule has 0 N–H and O–H groups in total. The van der Waals surface area contributed by atoms with Gasteiger partial charge in [0, 0.05) is 0 Å². The summed E-state index contributed by atoms with van der Waals surface area (Å²) in [6, 6.07) is 10.3. The molecule has 0 saturated heterocycles. The third kappa shape index (κ3) is 4.49. The van der Waals surface area contributed by atoms with Crippen LogP contribution in [0.1, 0.15) is 12.5 Å². The highest BCUT2D eigenvalue weighted by Crippen LogP contribution is 2.17. The van der Waals surface area contributed by atoms with Crippen LogP contribution in [0.25, 0.3) is 5.57 Å². The lowest BCUT2D eigenvalue weighted by Gasteiger charge is -2.19. The minimum atomic E-state index is -1.53. The van der Waals surface area contributed by atoms with E-state index in [-0.39, 0.29) is 0 Å². The molecular formula is C14H20OSi. The second kappa shape index (κ2) is 5.17. The van der Waals surface area contributed by atoms with Gasteiger partial charge in [0.05, 0.1) is 5.76 Å². The second-order valence-corrected chi connectivity index (χ2v) is 9.30. The lowest BCUT2D eigenvalue weighted by molar-refractivity contribution is 0.444. The molecule has 0 fully saturated rings. The fourth-order valence-electron chi connectivity index (χ4n) is 1.45. The molecule has 1 nitrogen and oxygen atoms in total. The maximum atomic E-state index is 5.80. The molecule has 0 heterocycles. The zero-order chi connectivity index (χ0) is 12.2. The topological polar surface area (TPSA) is 9.23 Å². The average molecular weight is 232 g/mol. The van der Waals surface area contributed by atoms with Crippen molar-refractivity contribution in [1.29, 1.82) is 0 Å². The van der Waals surface area contributed by atoms with E-state index in [1.165, 1.54) is 11.1 Å². The summed E-state index contributed by atoms with van der Waals surface area (Å²) in [6.45, 7) is 12.5. The molecule has 0 spiro atoms. The Bertz CT molecular complexity index is 385. The van der Waals surface area contributed by atoms with E-state index in [2.05, 4.69) is 45.3 Å². The van der Waals surface area contributed by atoms with Crippen LogP contribution >= 0.6 is 0 Å². The van der Waals surface area contributed by atoms with Crippen molar-refractivity contribution in [2.75, 3.05) is 0 Å². The van der Waals surface area contributed by atoms with E-state index in [1.807, 2.05) is 24.3 Å². The fraction of sp³-hybridized carbons (Fsp3) is 0.286. The molecule has 0 saturated carbocycles. The standard InChI is InChI=1S/C14H20OSi/c1-12(14-9-7-6-8-10-14)11-13(2)15-16(3,4)5/h6-11H,2H2,1,3-5H3/b12-11+. The Morgan fingerprint density at radius 1 is 1.19 bits per heavy atom. The number of allylic oxidation sites excluding steroid dienone is 2. The number of hydrogen-bond donors (Lipinski definition) is 0. The number of hydrogen-bond acceptors (Lipinski definition) is 1. The molecule has 0 bridgehead atoms. The van der Waals surface area contributed by atoms with Gasteiger partial charge in [0.15, 0.2) is 0 Å². The Hall–Kier alpha value is -1.28. The van der Waals surface area contributed by atoms with Gasteiger partial charge in [0.25, 0.3) is 0 Å². The summed E-state index contributed by atoms with van der Waals surface area (Å²) in [5.41, 5.74) is 2.40. The van der Waals surface area contributed by atoms with E-state index in [0.717, 1.165) is 5.76 Å². The van der Waals surface area contributed by atoms with Crippen LogP contribution in [-0.2, 0) is 4.43 Å². The maximum absolute atomic E-state index is 5.80. The monoisotopic (exact) mass is 232 g/mol. The molecule has 0 unspecified atom stereocenters. The van der Waals surface area contributed by atoms with Crippen molar-refractivity contribution in [2.24, 2.45) is 0 Å². The van der Waals surface area contributed by atoms with E-state index in [1.54, 1.807) is 0 Å². The summed E-state index contributed by atoms with van der Waals surface area (Å²) in [5.74, 6) is 0.764. The van der Waals surface area contributed by atoms with Gasteiger partial charge in [-0.15, -0.1) is 0 Å². The Kier molecular flexibility index (Phi) is 4.13. The van der Waals surface area contributed by atoms with E-state index in [4.69, 9.17) is 4.43 Å². The second-order valence-electron chi connectivity index (χ2n) is 4.87. The summed E-state index contributed by atoms with van der Waals surface area (Å²) in [6.07, 6.45) is 2.01. The Morgan fingerprint density at radius 2 is 1.75 bits per heavy atom. The number of rotatable bonds is 4. The van der Waals surface area contributed by atoms with E-state index >= 15 is 0 Å². The zero-order valence-corrected chi connectivity index (χ0v) is 11.6. The van der Waals surface area contributed by atoms with Gasteiger partial charge in [0.1, 0.15) is 0 Å². The summed E-state index contributed by atoms with van der Waals surface area (Å²) in [4.78, 5) is 0. The third-order valence-corrected chi connectivity index (χ3v) is 2.92. The van der Waals surface area contributed by atoms with Crippen LogP contribution in [-0.4, -0.2) is 8.32 Å². The molecule has 1 aromatic rings. The van der Waals surface area contributed by atoms with Crippen LogP contribution in [0.5, 0.6) is 0 Å². The lowest BCUT2D eigenvalue weighted by atomic mass is 10.1. The quantitative estimate of drug-likeness (QED) is 0.423. The van der Waals surface area contributed by atoms with Gasteiger partial charge in [-0.2, -0.15) is 0 Å². The number of benzene rings is 1. The molecular weight excluding hydrogens is 212 g/mol. The van der Waals surface area contributed by atoms with Crippen LogP contribution in [0.4, 0.5) is 0 Å². The molecule has 0 amide bonds. The molecule has 0 aliphatic rings. The molecule has 1 rings (SSSR count). The zero-order valence-electron chi connectivity index (χ0n) is 10.6. The van der Waals surface area contributed by atoms with Crippen LogP contribution in [0.15, 0.2) is 48.7 Å². The van der Waals surface area contributed by atoms with Crippen molar-refractivity contribution in [3.8, 4) is 0 Å². The van der Waals surface area contributed by atoms with Crippen molar-refractivity contribution in [2.45, 2.75) is 26.6 Å². The van der Waals surface area contributed by atoms with Gasteiger partial charge >= 0.3 is 0 Å².